The Morgan fingerprint density at radius 2 is 2.11 bits per heavy atom. The van der Waals surface area contributed by atoms with Crippen LogP contribution in [0, 0.1) is 5.92 Å². The summed E-state index contributed by atoms with van der Waals surface area (Å²) in [4.78, 5) is 4.53. The Bertz CT molecular complexity index is 490. The summed E-state index contributed by atoms with van der Waals surface area (Å²) in [5.74, 6) is 3.43. The number of nitrogens with zero attached hydrogens (tertiary/aromatic N) is 1. The van der Waals surface area contributed by atoms with E-state index in [1.54, 1.807) is 11.8 Å². The Morgan fingerprint density at radius 1 is 1.26 bits per heavy atom. The minimum Gasteiger partial charge on any atom is -0.490 e. The second-order valence-corrected chi connectivity index (χ2v) is 5.91. The molecule has 0 spiro atoms. The molecule has 1 N–H and O–H groups in total. The predicted molar refractivity (Wildman–Crippen MR) is 79.6 cm³/mol. The van der Waals surface area contributed by atoms with Crippen LogP contribution in [0.2, 0.25) is 0 Å². The average molecular weight is 278 g/mol. The predicted octanol–water partition coefficient (Wildman–Crippen LogP) is 3.00. The highest BCUT2D eigenvalue weighted by Crippen LogP contribution is 2.32. The lowest BCUT2D eigenvalue weighted by molar-refractivity contribution is 0.297. The fourth-order valence-electron chi connectivity index (χ4n) is 2.00. The monoisotopic (exact) mass is 278 g/mol. The van der Waals surface area contributed by atoms with Crippen molar-refractivity contribution in [3.8, 4) is 11.5 Å². The first kappa shape index (κ1) is 12.7. The molecule has 5 heteroatoms. The van der Waals surface area contributed by atoms with Crippen LogP contribution < -0.4 is 14.8 Å². The Labute approximate surface area is 117 Å². The topological polar surface area (TPSA) is 42.9 Å². The number of amidine groups is 1. The lowest BCUT2D eigenvalue weighted by atomic mass is 10.2. The van der Waals surface area contributed by atoms with Crippen LogP contribution in [0.5, 0.6) is 11.5 Å². The van der Waals surface area contributed by atoms with Gasteiger partial charge >= 0.3 is 0 Å². The van der Waals surface area contributed by atoms with Gasteiger partial charge in [-0.25, -0.2) is 0 Å². The molecule has 2 aliphatic heterocycles. The largest absolute Gasteiger partial charge is 0.490 e. The molecule has 1 aromatic carbocycles. The van der Waals surface area contributed by atoms with Gasteiger partial charge in [0.25, 0.3) is 0 Å². The first-order valence-electron chi connectivity index (χ1n) is 6.65. The molecule has 0 fully saturated rings. The molecule has 0 bridgehead atoms. The number of nitrogens with one attached hydrogen (secondary N) is 1. The summed E-state index contributed by atoms with van der Waals surface area (Å²) in [6, 6.07) is 5.95. The fraction of sp³-hybridized carbons (Fsp3) is 0.500. The molecule has 0 amide bonds. The quantitative estimate of drug-likeness (QED) is 0.857. The van der Waals surface area contributed by atoms with Crippen molar-refractivity contribution in [2.24, 2.45) is 10.9 Å². The first-order chi connectivity index (χ1) is 9.31. The standard InChI is InChI=1S/C14H18N2O2S/c1-10-8-15-14(19-9-10)16-11-3-4-12-13(7-11)18-6-2-5-17-12/h3-4,7,10H,2,5-6,8-9H2,1H3,(H,15,16). The van der Waals surface area contributed by atoms with Gasteiger partial charge in [0.05, 0.1) is 13.2 Å². The third-order valence-electron chi connectivity index (χ3n) is 3.05. The minimum absolute atomic E-state index is 0.666. The molecule has 1 aromatic rings. The van der Waals surface area contributed by atoms with Crippen molar-refractivity contribution in [1.29, 1.82) is 0 Å². The number of fused-ring (bicyclic) bond motifs is 1. The zero-order chi connectivity index (χ0) is 13.1. The second kappa shape index (κ2) is 5.74. The molecule has 0 aliphatic carbocycles. The molecule has 2 aliphatic rings. The van der Waals surface area contributed by atoms with Crippen molar-refractivity contribution in [3.63, 3.8) is 0 Å². The summed E-state index contributed by atoms with van der Waals surface area (Å²) in [7, 11) is 0. The highest BCUT2D eigenvalue weighted by Gasteiger charge is 2.14. The Balaban J connectivity index is 1.73. The molecule has 0 saturated heterocycles. The summed E-state index contributed by atoms with van der Waals surface area (Å²) in [6.45, 7) is 4.56. The zero-order valence-corrected chi connectivity index (χ0v) is 11.8. The molecule has 2 heterocycles. The highest BCUT2D eigenvalue weighted by molar-refractivity contribution is 8.14. The van der Waals surface area contributed by atoms with Gasteiger partial charge in [-0.05, 0) is 18.1 Å². The van der Waals surface area contributed by atoms with E-state index < -0.39 is 0 Å². The maximum Gasteiger partial charge on any atom is 0.163 e. The summed E-state index contributed by atoms with van der Waals surface area (Å²) < 4.78 is 11.3. The van der Waals surface area contributed by atoms with Crippen LogP contribution in [-0.4, -0.2) is 30.7 Å². The van der Waals surface area contributed by atoms with Crippen LogP contribution in [0.25, 0.3) is 0 Å². The number of aliphatic imine (C=N–C) groups is 1. The number of hydrogen-bond donors (Lipinski definition) is 1. The number of anilines is 1. The van der Waals surface area contributed by atoms with E-state index in [4.69, 9.17) is 9.47 Å². The summed E-state index contributed by atoms with van der Waals surface area (Å²) in [5.41, 5.74) is 1.00. The molecule has 4 nitrogen and oxygen atoms in total. The lowest BCUT2D eigenvalue weighted by Gasteiger charge is -2.18. The van der Waals surface area contributed by atoms with Crippen LogP contribution in [-0.2, 0) is 0 Å². The number of hydrogen-bond acceptors (Lipinski definition) is 5. The average Bonchev–Trinajstić information content (AvgIpc) is 2.66. The number of benzene rings is 1. The van der Waals surface area contributed by atoms with Crippen LogP contribution in [0.3, 0.4) is 0 Å². The second-order valence-electron chi connectivity index (χ2n) is 4.90. The van der Waals surface area contributed by atoms with Gasteiger partial charge in [-0.1, -0.05) is 18.7 Å². The minimum atomic E-state index is 0.666. The van der Waals surface area contributed by atoms with E-state index in [-0.39, 0.29) is 0 Å². The Morgan fingerprint density at radius 3 is 2.89 bits per heavy atom. The van der Waals surface area contributed by atoms with E-state index in [1.807, 2.05) is 18.2 Å². The molecular formula is C14H18N2O2S. The lowest BCUT2D eigenvalue weighted by Crippen LogP contribution is -2.18. The number of rotatable bonds is 1. The third kappa shape index (κ3) is 3.15. The summed E-state index contributed by atoms with van der Waals surface area (Å²) >= 11 is 1.77. The van der Waals surface area contributed by atoms with Crippen LogP contribution in [0.4, 0.5) is 5.69 Å². The van der Waals surface area contributed by atoms with Crippen molar-refractivity contribution < 1.29 is 9.47 Å². The van der Waals surface area contributed by atoms with Crippen LogP contribution in [0.15, 0.2) is 23.2 Å². The van der Waals surface area contributed by atoms with Gasteiger partial charge in [-0.3, -0.25) is 4.99 Å². The summed E-state index contributed by atoms with van der Waals surface area (Å²) in [6.07, 6.45) is 0.928. The van der Waals surface area contributed by atoms with Gasteiger partial charge in [-0.15, -0.1) is 0 Å². The van der Waals surface area contributed by atoms with E-state index in [1.165, 1.54) is 0 Å². The van der Waals surface area contributed by atoms with Gasteiger partial charge in [-0.2, -0.15) is 0 Å². The molecular weight excluding hydrogens is 260 g/mol. The van der Waals surface area contributed by atoms with E-state index >= 15 is 0 Å². The van der Waals surface area contributed by atoms with Gasteiger partial charge in [0, 0.05) is 30.5 Å². The molecule has 102 valence electrons. The maximum atomic E-state index is 5.68. The first-order valence-corrected chi connectivity index (χ1v) is 7.64. The van der Waals surface area contributed by atoms with Crippen LogP contribution in [0.1, 0.15) is 13.3 Å². The molecule has 0 saturated carbocycles. The van der Waals surface area contributed by atoms with Crippen molar-refractivity contribution in [2.45, 2.75) is 13.3 Å². The number of thioether (sulfide) groups is 1. The van der Waals surface area contributed by atoms with Gasteiger partial charge in [0.2, 0.25) is 0 Å². The van der Waals surface area contributed by atoms with Crippen LogP contribution >= 0.6 is 11.8 Å². The molecule has 3 rings (SSSR count). The summed E-state index contributed by atoms with van der Waals surface area (Å²) in [5, 5.41) is 4.34. The molecule has 1 atom stereocenters. The van der Waals surface area contributed by atoms with E-state index in [2.05, 4.69) is 17.2 Å². The van der Waals surface area contributed by atoms with Crippen molar-refractivity contribution >= 4 is 22.6 Å². The van der Waals surface area contributed by atoms with E-state index in [0.29, 0.717) is 12.5 Å². The third-order valence-corrected chi connectivity index (χ3v) is 4.29. The maximum absolute atomic E-state index is 5.68. The van der Waals surface area contributed by atoms with Crippen molar-refractivity contribution in [1.82, 2.24) is 0 Å². The molecule has 0 aromatic heterocycles. The van der Waals surface area contributed by atoms with Crippen molar-refractivity contribution in [3.05, 3.63) is 18.2 Å². The van der Waals surface area contributed by atoms with E-state index in [0.717, 1.165) is 47.7 Å². The Hall–Kier alpha value is -1.36. The number of ether oxygens (including phenoxy) is 2. The molecule has 1 unspecified atom stereocenters. The van der Waals surface area contributed by atoms with Gasteiger partial charge in [0.1, 0.15) is 0 Å². The van der Waals surface area contributed by atoms with E-state index in [9.17, 15) is 0 Å². The SMILES string of the molecule is CC1CN=C(Nc2ccc3c(c2)OCCCO3)SC1. The fourth-order valence-corrected chi connectivity index (χ4v) is 2.90. The highest BCUT2D eigenvalue weighted by atomic mass is 32.2. The van der Waals surface area contributed by atoms with Crippen molar-refractivity contribution in [2.75, 3.05) is 30.8 Å². The zero-order valence-electron chi connectivity index (χ0n) is 11.0. The van der Waals surface area contributed by atoms with Gasteiger partial charge < -0.3 is 14.8 Å². The Kier molecular flexibility index (Phi) is 3.82. The molecule has 0 radical (unpaired) electrons. The smallest absolute Gasteiger partial charge is 0.163 e. The molecule has 19 heavy (non-hydrogen) atoms. The van der Waals surface area contributed by atoms with Gasteiger partial charge in [0.15, 0.2) is 16.7 Å². The normalized spacial score (nSPS) is 22.4.